The van der Waals surface area contributed by atoms with Gasteiger partial charge in [-0.2, -0.15) is 11.8 Å². The van der Waals surface area contributed by atoms with E-state index in [0.717, 1.165) is 36.9 Å². The zero-order valence-electron chi connectivity index (χ0n) is 16.7. The normalized spacial score (nSPS) is 25.0. The summed E-state index contributed by atoms with van der Waals surface area (Å²) in [4.78, 5) is 18.2. The third-order valence-corrected chi connectivity index (χ3v) is 6.71. The van der Waals surface area contributed by atoms with E-state index in [1.165, 1.54) is 24.0 Å². The molecule has 3 rings (SSSR count). The number of hydrogen-bond acceptors (Lipinski definition) is 3. The molecule has 1 fully saturated rings. The summed E-state index contributed by atoms with van der Waals surface area (Å²) in [6, 6.07) is 9.50. The lowest BCUT2D eigenvalue weighted by molar-refractivity contribution is -0.127. The zero-order chi connectivity index (χ0) is 19.2. The second kappa shape index (κ2) is 9.49. The maximum absolute atomic E-state index is 12.0. The maximum Gasteiger partial charge on any atom is 0.243 e. The molecule has 0 aromatic heterocycles. The second-order valence-corrected chi connectivity index (χ2v) is 8.96. The summed E-state index contributed by atoms with van der Waals surface area (Å²) in [5, 5.41) is 7.94. The number of likely N-dealkylation sites (N-methyl/N-ethyl adjacent to an activating group) is 1. The van der Waals surface area contributed by atoms with Gasteiger partial charge in [-0.05, 0) is 55.9 Å². The van der Waals surface area contributed by atoms with Crippen LogP contribution in [0.25, 0.3) is 0 Å². The van der Waals surface area contributed by atoms with E-state index in [4.69, 9.17) is 0 Å². The zero-order valence-corrected chi connectivity index (χ0v) is 17.5. The lowest BCUT2D eigenvalue weighted by Gasteiger charge is -2.28. The molecule has 0 saturated heterocycles. The minimum atomic E-state index is 0.0264. The van der Waals surface area contributed by atoms with Crippen LogP contribution in [-0.4, -0.2) is 61.0 Å². The van der Waals surface area contributed by atoms with E-state index >= 15 is 0 Å². The molecule has 0 spiro atoms. The highest BCUT2D eigenvalue weighted by Gasteiger charge is 2.26. The maximum atomic E-state index is 12.0. The van der Waals surface area contributed by atoms with Crippen LogP contribution >= 0.6 is 11.8 Å². The van der Waals surface area contributed by atoms with Gasteiger partial charge in [-0.3, -0.25) is 4.79 Å². The first-order valence-corrected chi connectivity index (χ1v) is 11.2. The van der Waals surface area contributed by atoms with E-state index in [-0.39, 0.29) is 12.5 Å². The predicted molar refractivity (Wildman–Crippen MR) is 114 cm³/mol. The molecule has 0 heterocycles. The van der Waals surface area contributed by atoms with Gasteiger partial charge in [0.25, 0.3) is 0 Å². The smallest absolute Gasteiger partial charge is 0.243 e. The van der Waals surface area contributed by atoms with Crippen molar-refractivity contribution in [2.24, 2.45) is 4.99 Å². The first-order valence-electron chi connectivity index (χ1n) is 9.92. The van der Waals surface area contributed by atoms with Crippen molar-refractivity contribution >= 4 is 23.6 Å². The van der Waals surface area contributed by atoms with E-state index in [0.29, 0.717) is 12.1 Å². The van der Waals surface area contributed by atoms with Gasteiger partial charge in [0.05, 0.1) is 0 Å². The Morgan fingerprint density at radius 1 is 1.15 bits per heavy atom. The van der Waals surface area contributed by atoms with Crippen LogP contribution in [0.2, 0.25) is 0 Å². The van der Waals surface area contributed by atoms with E-state index in [1.54, 1.807) is 19.0 Å². The van der Waals surface area contributed by atoms with Crippen LogP contribution < -0.4 is 10.6 Å². The molecule has 5 nitrogen and oxygen atoms in total. The molecule has 1 saturated carbocycles. The lowest BCUT2D eigenvalue weighted by Crippen LogP contribution is -2.49. The molecule has 6 heteroatoms. The number of guanidine groups is 1. The molecule has 3 unspecified atom stereocenters. The largest absolute Gasteiger partial charge is 0.354 e. The number of hydrogen-bond donors (Lipinski definition) is 2. The molecule has 1 aromatic rings. The summed E-state index contributed by atoms with van der Waals surface area (Å²) >= 11 is 1.95. The Labute approximate surface area is 167 Å². The van der Waals surface area contributed by atoms with Crippen LogP contribution in [0.15, 0.2) is 29.3 Å². The van der Waals surface area contributed by atoms with Crippen molar-refractivity contribution in [3.05, 3.63) is 35.4 Å². The number of carbonyl (C=O) groups excluding carboxylic acids is 1. The first-order chi connectivity index (χ1) is 13.0. The summed E-state index contributed by atoms with van der Waals surface area (Å²) in [7, 11) is 3.55. The Morgan fingerprint density at radius 2 is 1.89 bits per heavy atom. The fourth-order valence-corrected chi connectivity index (χ4v) is 4.71. The average molecular weight is 389 g/mol. The summed E-state index contributed by atoms with van der Waals surface area (Å²) in [5.41, 5.74) is 2.89. The molecule has 148 valence electrons. The second-order valence-electron chi connectivity index (χ2n) is 7.82. The van der Waals surface area contributed by atoms with E-state index in [9.17, 15) is 4.79 Å². The highest BCUT2D eigenvalue weighted by molar-refractivity contribution is 7.99. The third-order valence-electron chi connectivity index (χ3n) is 5.62. The molecule has 2 aliphatic rings. The van der Waals surface area contributed by atoms with Crippen LogP contribution in [-0.2, 0) is 17.6 Å². The number of carbonyl (C=O) groups is 1. The summed E-state index contributed by atoms with van der Waals surface area (Å²) < 4.78 is 0. The van der Waals surface area contributed by atoms with E-state index < -0.39 is 0 Å². The van der Waals surface area contributed by atoms with Crippen molar-refractivity contribution in [3.8, 4) is 0 Å². The Hall–Kier alpha value is -1.69. The van der Waals surface area contributed by atoms with Crippen LogP contribution in [0.5, 0.6) is 0 Å². The molecule has 0 aliphatic heterocycles. The standard InChI is InChI=1S/C21H32N4OS/c1-25(2)20(26)14-22-21(24-18-10-11-19(13-18)27-3)23-17-9-8-15-6-4-5-7-16(15)12-17/h4-7,17-19H,8-14H2,1-3H3,(H2,22,23,24). The Kier molecular flexibility index (Phi) is 7.05. The van der Waals surface area contributed by atoms with Crippen molar-refractivity contribution in [3.63, 3.8) is 0 Å². The number of nitrogens with zero attached hydrogens (tertiary/aromatic N) is 2. The Morgan fingerprint density at radius 3 is 2.59 bits per heavy atom. The highest BCUT2D eigenvalue weighted by Crippen LogP contribution is 2.28. The summed E-state index contributed by atoms with van der Waals surface area (Å²) in [6.07, 6.45) is 8.97. The van der Waals surface area contributed by atoms with Gasteiger partial charge in [0.2, 0.25) is 5.91 Å². The predicted octanol–water partition coefficient (Wildman–Crippen LogP) is 2.45. The molecule has 2 aliphatic carbocycles. The van der Waals surface area contributed by atoms with Gasteiger partial charge in [0, 0.05) is 31.4 Å². The molecule has 0 bridgehead atoms. The van der Waals surface area contributed by atoms with Gasteiger partial charge in [-0.15, -0.1) is 0 Å². The monoisotopic (exact) mass is 388 g/mol. The number of aryl methyl sites for hydroxylation is 1. The summed E-state index contributed by atoms with van der Waals surface area (Å²) in [5.74, 6) is 0.819. The average Bonchev–Trinajstić information content (AvgIpc) is 3.13. The lowest BCUT2D eigenvalue weighted by atomic mass is 9.88. The topological polar surface area (TPSA) is 56.7 Å². The molecule has 2 N–H and O–H groups in total. The number of benzene rings is 1. The molecule has 3 atom stereocenters. The molecule has 1 aromatic carbocycles. The van der Waals surface area contributed by atoms with Gasteiger partial charge >= 0.3 is 0 Å². The molecule has 1 amide bonds. The van der Waals surface area contributed by atoms with Crippen LogP contribution in [0, 0.1) is 0 Å². The van der Waals surface area contributed by atoms with Crippen molar-refractivity contribution in [1.82, 2.24) is 15.5 Å². The van der Waals surface area contributed by atoms with E-state index in [2.05, 4.69) is 46.1 Å². The number of thioether (sulfide) groups is 1. The molecule has 0 radical (unpaired) electrons. The molecular formula is C21H32N4OS. The van der Waals surface area contributed by atoms with Gasteiger partial charge in [-0.1, -0.05) is 24.3 Å². The molecular weight excluding hydrogens is 356 g/mol. The third kappa shape index (κ3) is 5.64. The van der Waals surface area contributed by atoms with E-state index in [1.807, 2.05) is 11.8 Å². The first kappa shape index (κ1) is 20.1. The fraction of sp³-hybridized carbons (Fsp3) is 0.619. The van der Waals surface area contributed by atoms with Gasteiger partial charge < -0.3 is 15.5 Å². The number of rotatable bonds is 5. The van der Waals surface area contributed by atoms with Crippen LogP contribution in [0.1, 0.15) is 36.8 Å². The molecule has 27 heavy (non-hydrogen) atoms. The van der Waals surface area contributed by atoms with Crippen LogP contribution in [0.3, 0.4) is 0 Å². The van der Waals surface area contributed by atoms with Gasteiger partial charge in [-0.25, -0.2) is 4.99 Å². The SMILES string of the molecule is CSC1CCC(NC(=NCC(=O)N(C)C)NC2CCc3ccccc3C2)C1. The van der Waals surface area contributed by atoms with Crippen LogP contribution in [0.4, 0.5) is 0 Å². The number of fused-ring (bicyclic) bond motifs is 1. The quantitative estimate of drug-likeness (QED) is 0.601. The Balaban J connectivity index is 1.64. The van der Waals surface area contributed by atoms with Crippen molar-refractivity contribution in [2.45, 2.75) is 55.9 Å². The number of aliphatic imine (C=N–C) groups is 1. The number of amides is 1. The fourth-order valence-electron chi connectivity index (χ4n) is 3.91. The van der Waals surface area contributed by atoms with Gasteiger partial charge in [0.15, 0.2) is 5.96 Å². The Bertz CT molecular complexity index is 676. The van der Waals surface area contributed by atoms with Crippen molar-refractivity contribution < 1.29 is 4.79 Å². The van der Waals surface area contributed by atoms with Gasteiger partial charge in [0.1, 0.15) is 6.54 Å². The summed E-state index contributed by atoms with van der Waals surface area (Å²) in [6.45, 7) is 0.185. The number of nitrogens with one attached hydrogen (secondary N) is 2. The van der Waals surface area contributed by atoms with Crippen molar-refractivity contribution in [2.75, 3.05) is 26.9 Å². The van der Waals surface area contributed by atoms with Crippen molar-refractivity contribution in [1.29, 1.82) is 0 Å². The minimum absolute atomic E-state index is 0.0264. The highest BCUT2D eigenvalue weighted by atomic mass is 32.2. The minimum Gasteiger partial charge on any atom is -0.354 e.